The highest BCUT2D eigenvalue weighted by Gasteiger charge is 2.16. The highest BCUT2D eigenvalue weighted by Crippen LogP contribution is 2.19. The molecule has 1 saturated heterocycles. The number of rotatable bonds is 7. The zero-order valence-corrected chi connectivity index (χ0v) is 15.4. The first-order valence-electron chi connectivity index (χ1n) is 8.54. The van der Waals surface area contributed by atoms with Crippen LogP contribution in [0, 0.1) is 12.7 Å². The molecule has 1 fully saturated rings. The van der Waals surface area contributed by atoms with Gasteiger partial charge in [-0.25, -0.2) is 22.5 Å². The van der Waals surface area contributed by atoms with Gasteiger partial charge in [0.2, 0.25) is 16.0 Å². The van der Waals surface area contributed by atoms with E-state index in [4.69, 9.17) is 0 Å². The van der Waals surface area contributed by atoms with E-state index < -0.39 is 15.8 Å². The number of aromatic nitrogens is 2. The smallest absolute Gasteiger partial charge is 0.240 e. The van der Waals surface area contributed by atoms with E-state index in [0.717, 1.165) is 43.5 Å². The summed E-state index contributed by atoms with van der Waals surface area (Å²) in [5.74, 6) is 0.767. The van der Waals surface area contributed by atoms with Crippen molar-refractivity contribution in [2.45, 2.75) is 24.7 Å². The predicted molar refractivity (Wildman–Crippen MR) is 98.3 cm³/mol. The maximum absolute atomic E-state index is 13.2. The summed E-state index contributed by atoms with van der Waals surface area (Å²) in [5, 5.41) is 3.03. The molecule has 1 aromatic carbocycles. The zero-order chi connectivity index (χ0) is 18.6. The number of anilines is 2. The minimum atomic E-state index is -3.75. The van der Waals surface area contributed by atoms with Gasteiger partial charge < -0.3 is 10.2 Å². The molecule has 1 aliphatic heterocycles. The summed E-state index contributed by atoms with van der Waals surface area (Å²) < 4.78 is 39.9. The third-order valence-corrected chi connectivity index (χ3v) is 5.54. The van der Waals surface area contributed by atoms with Crippen LogP contribution in [0.25, 0.3) is 0 Å². The van der Waals surface area contributed by atoms with Crippen LogP contribution >= 0.6 is 0 Å². The molecule has 7 nitrogen and oxygen atoms in total. The third kappa shape index (κ3) is 4.67. The van der Waals surface area contributed by atoms with Crippen LogP contribution in [0.3, 0.4) is 0 Å². The van der Waals surface area contributed by atoms with Crippen molar-refractivity contribution in [3.63, 3.8) is 0 Å². The summed E-state index contributed by atoms with van der Waals surface area (Å²) in [6, 6.07) is 6.85. The van der Waals surface area contributed by atoms with Crippen LogP contribution in [0.5, 0.6) is 0 Å². The van der Waals surface area contributed by atoms with E-state index in [9.17, 15) is 12.8 Å². The number of hydrogen-bond acceptors (Lipinski definition) is 6. The van der Waals surface area contributed by atoms with Gasteiger partial charge in [-0.1, -0.05) is 6.07 Å². The van der Waals surface area contributed by atoms with Crippen molar-refractivity contribution in [1.29, 1.82) is 0 Å². The van der Waals surface area contributed by atoms with Crippen LogP contribution in [0.15, 0.2) is 35.2 Å². The van der Waals surface area contributed by atoms with Gasteiger partial charge in [-0.3, -0.25) is 0 Å². The molecule has 0 aliphatic carbocycles. The molecule has 0 saturated carbocycles. The third-order valence-electron chi connectivity index (χ3n) is 4.08. The summed E-state index contributed by atoms with van der Waals surface area (Å²) in [4.78, 5) is 10.9. The fourth-order valence-electron chi connectivity index (χ4n) is 2.82. The number of nitrogens with zero attached hydrogens (tertiary/aromatic N) is 3. The molecule has 0 atom stereocenters. The lowest BCUT2D eigenvalue weighted by molar-refractivity contribution is 0.578. The van der Waals surface area contributed by atoms with E-state index >= 15 is 0 Å². The van der Waals surface area contributed by atoms with Crippen molar-refractivity contribution in [1.82, 2.24) is 14.7 Å². The highest BCUT2D eigenvalue weighted by molar-refractivity contribution is 7.89. The molecule has 9 heteroatoms. The second-order valence-electron chi connectivity index (χ2n) is 6.17. The molecule has 0 bridgehead atoms. The van der Waals surface area contributed by atoms with Crippen molar-refractivity contribution >= 4 is 21.8 Å². The van der Waals surface area contributed by atoms with Gasteiger partial charge in [-0.15, -0.1) is 0 Å². The second kappa shape index (κ2) is 7.96. The van der Waals surface area contributed by atoms with Crippen LogP contribution < -0.4 is 14.9 Å². The summed E-state index contributed by atoms with van der Waals surface area (Å²) in [7, 11) is -3.75. The van der Waals surface area contributed by atoms with Gasteiger partial charge in [-0.05, 0) is 38.0 Å². The monoisotopic (exact) mass is 379 g/mol. The second-order valence-corrected chi connectivity index (χ2v) is 7.93. The predicted octanol–water partition coefficient (Wildman–Crippen LogP) is 1.91. The lowest BCUT2D eigenvalue weighted by atomic mass is 10.4. The molecule has 26 heavy (non-hydrogen) atoms. The molecule has 140 valence electrons. The van der Waals surface area contributed by atoms with E-state index in [0.29, 0.717) is 12.5 Å². The van der Waals surface area contributed by atoms with Crippen molar-refractivity contribution < 1.29 is 12.8 Å². The van der Waals surface area contributed by atoms with Crippen molar-refractivity contribution in [2.75, 3.05) is 36.4 Å². The van der Waals surface area contributed by atoms with E-state index in [-0.39, 0.29) is 11.4 Å². The normalized spacial score (nSPS) is 14.6. The molecule has 0 radical (unpaired) electrons. The molecule has 2 aromatic rings. The van der Waals surface area contributed by atoms with Gasteiger partial charge in [0.1, 0.15) is 11.6 Å². The molecule has 3 rings (SSSR count). The molecule has 0 spiro atoms. The number of sulfonamides is 1. The first kappa shape index (κ1) is 18.5. The standard InChI is InChI=1S/C17H22FN5O2S/c1-13-11-16(23-9-2-3-10-23)22-17(21-13)19-7-8-20-26(24,25)15-6-4-5-14(18)12-15/h4-6,11-12,20H,2-3,7-10H2,1H3,(H,19,21,22). The first-order chi connectivity index (χ1) is 12.4. The number of nitrogens with one attached hydrogen (secondary N) is 2. The van der Waals surface area contributed by atoms with Gasteiger partial charge >= 0.3 is 0 Å². The Labute approximate surface area is 152 Å². The van der Waals surface area contributed by atoms with Crippen molar-refractivity contribution in [2.24, 2.45) is 0 Å². The van der Waals surface area contributed by atoms with Crippen LogP contribution in [-0.4, -0.2) is 44.6 Å². The summed E-state index contributed by atoms with van der Waals surface area (Å²) in [6.45, 7) is 4.33. The average Bonchev–Trinajstić information content (AvgIpc) is 3.13. The Morgan fingerprint density at radius 3 is 2.65 bits per heavy atom. The quantitative estimate of drug-likeness (QED) is 0.715. The summed E-state index contributed by atoms with van der Waals surface area (Å²) >= 11 is 0. The zero-order valence-electron chi connectivity index (χ0n) is 14.6. The summed E-state index contributed by atoms with van der Waals surface area (Å²) in [5.41, 5.74) is 0.852. The minimum absolute atomic E-state index is 0.0966. The van der Waals surface area contributed by atoms with Gasteiger partial charge in [0.15, 0.2) is 0 Å². The molecular formula is C17H22FN5O2S. The van der Waals surface area contributed by atoms with E-state index in [2.05, 4.69) is 24.9 Å². The Kier molecular flexibility index (Phi) is 5.67. The Bertz CT molecular complexity index is 869. The topological polar surface area (TPSA) is 87.2 Å². The van der Waals surface area contributed by atoms with Crippen molar-refractivity contribution in [3.05, 3.63) is 41.8 Å². The van der Waals surface area contributed by atoms with Gasteiger partial charge in [0.25, 0.3) is 0 Å². The van der Waals surface area contributed by atoms with Crippen LogP contribution in [0.2, 0.25) is 0 Å². The first-order valence-corrected chi connectivity index (χ1v) is 10.0. The largest absolute Gasteiger partial charge is 0.356 e. The lowest BCUT2D eigenvalue weighted by Crippen LogP contribution is -2.29. The van der Waals surface area contributed by atoms with Gasteiger partial charge in [0, 0.05) is 37.9 Å². The SMILES string of the molecule is Cc1cc(N2CCCC2)nc(NCCNS(=O)(=O)c2cccc(F)c2)n1. The fraction of sp³-hybridized carbons (Fsp3) is 0.412. The Hall–Kier alpha value is -2.26. The summed E-state index contributed by atoms with van der Waals surface area (Å²) in [6.07, 6.45) is 2.32. The number of halogens is 1. The Balaban J connectivity index is 1.56. The minimum Gasteiger partial charge on any atom is -0.356 e. The Morgan fingerprint density at radius 1 is 1.15 bits per heavy atom. The van der Waals surface area contributed by atoms with Crippen molar-refractivity contribution in [3.8, 4) is 0 Å². The molecule has 0 amide bonds. The van der Waals surface area contributed by atoms with Crippen LogP contribution in [0.4, 0.5) is 16.2 Å². The highest BCUT2D eigenvalue weighted by atomic mass is 32.2. The molecule has 1 aliphatic rings. The molecule has 1 aromatic heterocycles. The average molecular weight is 379 g/mol. The van der Waals surface area contributed by atoms with Gasteiger partial charge in [-0.2, -0.15) is 4.98 Å². The van der Waals surface area contributed by atoms with Crippen LogP contribution in [0.1, 0.15) is 18.5 Å². The lowest BCUT2D eigenvalue weighted by Gasteiger charge is -2.17. The van der Waals surface area contributed by atoms with Crippen LogP contribution in [-0.2, 0) is 10.0 Å². The molecular weight excluding hydrogens is 357 g/mol. The fourth-order valence-corrected chi connectivity index (χ4v) is 3.88. The maximum atomic E-state index is 13.2. The van der Waals surface area contributed by atoms with E-state index in [1.54, 1.807) is 0 Å². The molecule has 2 heterocycles. The van der Waals surface area contributed by atoms with Gasteiger partial charge in [0.05, 0.1) is 4.90 Å². The number of hydrogen-bond donors (Lipinski definition) is 2. The molecule has 2 N–H and O–H groups in total. The Morgan fingerprint density at radius 2 is 1.92 bits per heavy atom. The molecule has 0 unspecified atom stereocenters. The van der Waals surface area contributed by atoms with E-state index in [1.807, 2.05) is 13.0 Å². The number of aryl methyl sites for hydroxylation is 1. The maximum Gasteiger partial charge on any atom is 0.240 e. The number of benzene rings is 1. The van der Waals surface area contributed by atoms with E-state index in [1.165, 1.54) is 18.2 Å².